The van der Waals surface area contributed by atoms with Gasteiger partial charge in [-0.3, -0.25) is 0 Å². The summed E-state index contributed by atoms with van der Waals surface area (Å²) in [5.74, 6) is -0.307. The van der Waals surface area contributed by atoms with Crippen LogP contribution in [0.2, 0.25) is 4.44 Å². The van der Waals surface area contributed by atoms with Crippen LogP contribution in [0.3, 0.4) is 0 Å². The van der Waals surface area contributed by atoms with Crippen molar-refractivity contribution in [3.05, 3.63) is 91.0 Å². The molecule has 0 aliphatic heterocycles. The van der Waals surface area contributed by atoms with Gasteiger partial charge in [-0.1, -0.05) is 0 Å². The van der Waals surface area contributed by atoms with Crippen molar-refractivity contribution >= 4 is 39.2 Å². The van der Waals surface area contributed by atoms with Gasteiger partial charge in [-0.05, 0) is 0 Å². The molecule has 0 heterocycles. The molecule has 0 aromatic heterocycles. The van der Waals surface area contributed by atoms with Crippen LogP contribution in [0.25, 0.3) is 0 Å². The van der Waals surface area contributed by atoms with E-state index in [0.717, 1.165) is 4.44 Å². The molecule has 0 atom stereocenters. The van der Waals surface area contributed by atoms with Crippen molar-refractivity contribution in [3.8, 4) is 0 Å². The maximum absolute atomic E-state index is 11.2. The summed E-state index contributed by atoms with van der Waals surface area (Å²) in [6, 6.07) is 31.2. The van der Waals surface area contributed by atoms with Gasteiger partial charge in [-0.25, -0.2) is 0 Å². The quantitative estimate of drug-likeness (QED) is 0.391. The third-order valence-corrected chi connectivity index (χ3v) is 20.0. The van der Waals surface area contributed by atoms with Crippen LogP contribution < -0.4 is 10.7 Å². The molecule has 0 amide bonds. The third kappa shape index (κ3) is 4.37. The van der Waals surface area contributed by atoms with Crippen molar-refractivity contribution in [2.24, 2.45) is 0 Å². The zero-order valence-electron chi connectivity index (χ0n) is 14.4. The van der Waals surface area contributed by atoms with Crippen LogP contribution in [0.4, 0.5) is 0 Å². The molecule has 3 rings (SSSR count). The van der Waals surface area contributed by atoms with E-state index in [1.54, 1.807) is 0 Å². The Labute approximate surface area is 159 Å². The average Bonchev–Trinajstić information content (AvgIpc) is 2.67. The second-order valence-electron chi connectivity index (χ2n) is 6.37. The zero-order valence-corrected chi connectivity index (χ0v) is 18.1. The normalized spacial score (nSPS) is 12.0. The first-order valence-electron chi connectivity index (χ1n) is 8.62. The molecule has 0 bridgehead atoms. The van der Waals surface area contributed by atoms with E-state index < -0.39 is 28.5 Å². The molecule has 0 fully saturated rings. The summed E-state index contributed by atoms with van der Waals surface area (Å²) < 4.78 is 38.2. The second-order valence-corrected chi connectivity index (χ2v) is 19.4. The van der Waals surface area contributed by atoms with E-state index in [2.05, 4.69) is 36.4 Å². The second kappa shape index (κ2) is 8.37. The minimum absolute atomic E-state index is 0.307. The average molecular weight is 472 g/mol. The molecular weight excluding hydrogens is 451 g/mol. The van der Waals surface area contributed by atoms with Gasteiger partial charge in [0.1, 0.15) is 0 Å². The Morgan fingerprint density at radius 3 is 1.31 bits per heavy atom. The molecule has 26 heavy (non-hydrogen) atoms. The van der Waals surface area contributed by atoms with E-state index in [1.807, 2.05) is 54.6 Å². The van der Waals surface area contributed by atoms with E-state index in [-0.39, 0.29) is 5.75 Å². The van der Waals surface area contributed by atoms with E-state index in [9.17, 15) is 13.0 Å². The Morgan fingerprint density at radius 2 is 1.00 bits per heavy atom. The molecule has 0 radical (unpaired) electrons. The van der Waals surface area contributed by atoms with Gasteiger partial charge in [-0.2, -0.15) is 0 Å². The Bertz CT molecular complexity index is 830. The fraction of sp³-hybridized carbons (Fsp3) is 0.143. The fourth-order valence-corrected chi connectivity index (χ4v) is 18.7. The summed E-state index contributed by atoms with van der Waals surface area (Å²) >= 11 is -3.41. The van der Waals surface area contributed by atoms with Gasteiger partial charge < -0.3 is 0 Å². The molecule has 3 nitrogen and oxygen atoms in total. The van der Waals surface area contributed by atoms with Crippen molar-refractivity contribution in [1.82, 2.24) is 0 Å². The van der Waals surface area contributed by atoms with Crippen LogP contribution in [-0.4, -0.2) is 37.1 Å². The molecule has 0 spiro atoms. The van der Waals surface area contributed by atoms with Crippen LogP contribution >= 0.6 is 0 Å². The van der Waals surface area contributed by atoms with Crippen LogP contribution in [0.5, 0.6) is 0 Å². The van der Waals surface area contributed by atoms with Crippen LogP contribution in [0.15, 0.2) is 91.0 Å². The van der Waals surface area contributed by atoms with Gasteiger partial charge in [0.15, 0.2) is 0 Å². The fourth-order valence-electron chi connectivity index (χ4n) is 3.62. The van der Waals surface area contributed by atoms with Gasteiger partial charge in [0.2, 0.25) is 0 Å². The van der Waals surface area contributed by atoms with E-state index in [0.29, 0.717) is 6.42 Å². The molecule has 3 aromatic carbocycles. The molecule has 0 aliphatic rings. The van der Waals surface area contributed by atoms with Gasteiger partial charge in [0.05, 0.1) is 0 Å². The van der Waals surface area contributed by atoms with Crippen molar-refractivity contribution < 1.29 is 13.0 Å². The number of hydrogen-bond acceptors (Lipinski definition) is 3. The Hall–Kier alpha value is -1.63. The van der Waals surface area contributed by atoms with Crippen molar-refractivity contribution in [2.45, 2.75) is 10.9 Å². The minimum atomic E-state index is -4.21. The van der Waals surface area contributed by atoms with Gasteiger partial charge in [0.25, 0.3) is 0 Å². The number of benzene rings is 3. The summed E-state index contributed by atoms with van der Waals surface area (Å²) in [5.41, 5.74) is 0. The van der Waals surface area contributed by atoms with Crippen molar-refractivity contribution in [2.75, 3.05) is 5.75 Å². The molecule has 0 saturated carbocycles. The maximum atomic E-state index is 11.2. The summed E-state index contributed by atoms with van der Waals surface area (Å²) in [6.07, 6.45) is 0.389. The van der Waals surface area contributed by atoms with E-state index >= 15 is 0 Å². The Balaban J connectivity index is 2.18. The topological polar surface area (TPSA) is 57.2 Å². The standard InChI is InChI=1S/3C6H5.C3H7O3S.Sn/c3*1-2-4-6-5-3-1;1-2-3-7(4,5)6;/h3*1-5H;1-3H2,(H,4,5,6);/p-1. The van der Waals surface area contributed by atoms with E-state index in [1.165, 1.54) is 10.7 Å². The molecule has 134 valence electrons. The molecule has 0 aliphatic carbocycles. The number of rotatable bonds is 7. The van der Waals surface area contributed by atoms with Crippen molar-refractivity contribution in [1.29, 1.82) is 0 Å². The SMILES string of the molecule is O=S(=O)([O-])CC[CH2][Sn]([c]1ccccc1)([c]1ccccc1)[c]1ccccc1. The Morgan fingerprint density at radius 1 is 0.654 bits per heavy atom. The van der Waals surface area contributed by atoms with Crippen LogP contribution in [-0.2, 0) is 10.1 Å². The molecule has 0 unspecified atom stereocenters. The summed E-state index contributed by atoms with van der Waals surface area (Å²) in [6.45, 7) is 0. The summed E-state index contributed by atoms with van der Waals surface area (Å²) in [4.78, 5) is 0. The molecule has 5 heteroatoms. The van der Waals surface area contributed by atoms with Crippen molar-refractivity contribution in [3.63, 3.8) is 0 Å². The Kier molecular flexibility index (Phi) is 6.16. The van der Waals surface area contributed by atoms with Gasteiger partial charge >= 0.3 is 160 Å². The van der Waals surface area contributed by atoms with Gasteiger partial charge in [-0.15, -0.1) is 0 Å². The third-order valence-electron chi connectivity index (χ3n) is 4.75. The first kappa shape index (κ1) is 19.1. The first-order chi connectivity index (χ1) is 12.5. The zero-order chi connectivity index (χ0) is 18.5. The van der Waals surface area contributed by atoms with Gasteiger partial charge in [0, 0.05) is 0 Å². The predicted molar refractivity (Wildman–Crippen MR) is 108 cm³/mol. The predicted octanol–water partition coefficient (Wildman–Crippen LogP) is 2.09. The summed E-state index contributed by atoms with van der Waals surface area (Å²) in [7, 11) is -4.21. The molecule has 3 aromatic rings. The molecule has 0 N–H and O–H groups in total. The number of hydrogen-bond donors (Lipinski definition) is 0. The van der Waals surface area contributed by atoms with E-state index in [4.69, 9.17) is 0 Å². The summed E-state index contributed by atoms with van der Waals surface area (Å²) in [5, 5.41) is 0. The van der Waals surface area contributed by atoms with Crippen LogP contribution in [0, 0.1) is 0 Å². The monoisotopic (exact) mass is 473 g/mol. The van der Waals surface area contributed by atoms with Crippen LogP contribution in [0.1, 0.15) is 6.42 Å². The molecular formula is C21H21O3SSn-. The first-order valence-corrected chi connectivity index (χ1v) is 16.5. The molecule has 0 saturated heterocycles.